The molecule has 5 nitrogen and oxygen atoms in total. The molecule has 0 fully saturated rings. The Morgan fingerprint density at radius 1 is 1.32 bits per heavy atom. The minimum atomic E-state index is -0.276. The van der Waals surface area contributed by atoms with Crippen molar-refractivity contribution in [1.29, 1.82) is 0 Å². The first kappa shape index (κ1) is 11.5. The van der Waals surface area contributed by atoms with Crippen molar-refractivity contribution in [3.8, 4) is 0 Å². The zero-order valence-electron chi connectivity index (χ0n) is 10.4. The van der Waals surface area contributed by atoms with Crippen molar-refractivity contribution in [3.63, 3.8) is 0 Å². The van der Waals surface area contributed by atoms with E-state index in [4.69, 9.17) is 0 Å². The summed E-state index contributed by atoms with van der Waals surface area (Å²) in [6.07, 6.45) is 3.29. The first-order valence-electron chi connectivity index (χ1n) is 6.10. The van der Waals surface area contributed by atoms with Gasteiger partial charge in [0, 0.05) is 35.4 Å². The van der Waals surface area contributed by atoms with Gasteiger partial charge in [-0.2, -0.15) is 0 Å². The first-order chi connectivity index (χ1) is 9.20. The Labute approximate surface area is 108 Å². The van der Waals surface area contributed by atoms with Crippen molar-refractivity contribution in [3.05, 3.63) is 58.1 Å². The van der Waals surface area contributed by atoms with Gasteiger partial charge in [-0.3, -0.25) is 14.3 Å². The second-order valence-electron chi connectivity index (χ2n) is 4.35. The van der Waals surface area contributed by atoms with Crippen molar-refractivity contribution >= 4 is 16.7 Å². The van der Waals surface area contributed by atoms with Crippen molar-refractivity contribution < 1.29 is 4.79 Å². The van der Waals surface area contributed by atoms with Crippen LogP contribution in [0.4, 0.5) is 0 Å². The van der Waals surface area contributed by atoms with Gasteiger partial charge >= 0.3 is 0 Å². The van der Waals surface area contributed by atoms with Gasteiger partial charge in [-0.05, 0) is 31.2 Å². The van der Waals surface area contributed by atoms with E-state index in [9.17, 15) is 9.59 Å². The van der Waals surface area contributed by atoms with Crippen LogP contribution in [0.25, 0.3) is 10.9 Å². The van der Waals surface area contributed by atoms with Crippen molar-refractivity contribution in [1.82, 2.24) is 14.8 Å². The van der Waals surface area contributed by atoms with Gasteiger partial charge < -0.3 is 10.1 Å². The molecule has 19 heavy (non-hydrogen) atoms. The van der Waals surface area contributed by atoms with Gasteiger partial charge in [0.15, 0.2) is 5.78 Å². The number of rotatable bonds is 3. The maximum atomic E-state index is 12.3. The van der Waals surface area contributed by atoms with Gasteiger partial charge in [0.25, 0.3) is 5.56 Å². The molecule has 2 aromatic heterocycles. The molecule has 0 unspecified atom stereocenters. The highest BCUT2D eigenvalue weighted by Crippen LogP contribution is 2.16. The highest BCUT2D eigenvalue weighted by atomic mass is 16.2. The number of hydrogen-bond acceptors (Lipinski definition) is 2. The Hall–Kier alpha value is -2.56. The predicted octanol–water partition coefficient (Wildman–Crippen LogP) is 1.91. The summed E-state index contributed by atoms with van der Waals surface area (Å²) in [5.74, 6) is -0.253. The van der Waals surface area contributed by atoms with Gasteiger partial charge in [-0.25, -0.2) is 0 Å². The molecule has 2 heterocycles. The number of aromatic amines is 2. The molecule has 0 amide bonds. The molecule has 0 saturated heterocycles. The monoisotopic (exact) mass is 255 g/mol. The van der Waals surface area contributed by atoms with E-state index >= 15 is 0 Å². The molecule has 0 bridgehead atoms. The van der Waals surface area contributed by atoms with Crippen LogP contribution in [-0.4, -0.2) is 20.5 Å². The number of carbonyl (C=O) groups is 1. The normalized spacial score (nSPS) is 11.0. The minimum Gasteiger partial charge on any atom is -0.361 e. The SMILES string of the molecule is CCn1[nH]cc(C(=O)c2ccc3[nH]ccc3c2)c1=O. The van der Waals surface area contributed by atoms with Crippen LogP contribution >= 0.6 is 0 Å². The second kappa shape index (κ2) is 4.28. The maximum Gasteiger partial charge on any atom is 0.277 e. The Balaban J connectivity index is 2.07. The van der Waals surface area contributed by atoms with Gasteiger partial charge in [0.2, 0.25) is 0 Å². The molecule has 1 aromatic carbocycles. The van der Waals surface area contributed by atoms with Crippen LogP contribution in [-0.2, 0) is 6.54 Å². The molecular formula is C14H13N3O2. The minimum absolute atomic E-state index is 0.178. The lowest BCUT2D eigenvalue weighted by atomic mass is 10.0. The summed E-state index contributed by atoms with van der Waals surface area (Å²) < 4.78 is 1.40. The lowest BCUT2D eigenvalue weighted by Gasteiger charge is -1.98. The molecule has 3 aromatic rings. The smallest absolute Gasteiger partial charge is 0.277 e. The molecule has 0 saturated carbocycles. The van der Waals surface area contributed by atoms with E-state index < -0.39 is 0 Å². The number of nitrogens with one attached hydrogen (secondary N) is 2. The average molecular weight is 255 g/mol. The standard InChI is InChI=1S/C14H13N3O2/c1-2-17-14(19)11(8-16-17)13(18)10-3-4-12-9(7-10)5-6-15-12/h3-8,15-16H,2H2,1H3. The van der Waals surface area contributed by atoms with E-state index in [2.05, 4.69) is 10.1 Å². The van der Waals surface area contributed by atoms with E-state index in [-0.39, 0.29) is 16.9 Å². The molecule has 0 atom stereocenters. The topological polar surface area (TPSA) is 70.7 Å². The number of aryl methyl sites for hydroxylation is 1. The van der Waals surface area contributed by atoms with E-state index in [1.807, 2.05) is 25.3 Å². The fraction of sp³-hybridized carbons (Fsp3) is 0.143. The average Bonchev–Trinajstić information content (AvgIpc) is 3.03. The third-order valence-electron chi connectivity index (χ3n) is 3.22. The third-order valence-corrected chi connectivity index (χ3v) is 3.22. The van der Waals surface area contributed by atoms with E-state index in [0.717, 1.165) is 10.9 Å². The van der Waals surface area contributed by atoms with Crippen LogP contribution in [0.2, 0.25) is 0 Å². The summed E-state index contributed by atoms with van der Waals surface area (Å²) in [5, 5.41) is 3.74. The second-order valence-corrected chi connectivity index (χ2v) is 4.35. The number of fused-ring (bicyclic) bond motifs is 1. The molecule has 0 aliphatic carbocycles. The Bertz CT molecular complexity index is 807. The number of carbonyl (C=O) groups excluding carboxylic acids is 1. The van der Waals surface area contributed by atoms with Gasteiger partial charge in [-0.15, -0.1) is 0 Å². The van der Waals surface area contributed by atoms with Crippen LogP contribution in [0.1, 0.15) is 22.8 Å². The molecule has 0 aliphatic heterocycles. The predicted molar refractivity (Wildman–Crippen MR) is 72.5 cm³/mol. The van der Waals surface area contributed by atoms with Crippen molar-refractivity contribution in [2.75, 3.05) is 0 Å². The summed E-state index contributed by atoms with van der Waals surface area (Å²) in [7, 11) is 0. The number of nitrogens with zero attached hydrogens (tertiary/aromatic N) is 1. The van der Waals surface area contributed by atoms with E-state index in [1.165, 1.54) is 10.9 Å². The molecular weight excluding hydrogens is 242 g/mol. The fourth-order valence-electron chi connectivity index (χ4n) is 2.16. The summed E-state index contributed by atoms with van der Waals surface area (Å²) in [6.45, 7) is 2.36. The van der Waals surface area contributed by atoms with Crippen LogP contribution in [0.5, 0.6) is 0 Å². The maximum absolute atomic E-state index is 12.3. The summed E-state index contributed by atoms with van der Waals surface area (Å²) in [6, 6.07) is 7.25. The van der Waals surface area contributed by atoms with E-state index in [0.29, 0.717) is 12.1 Å². The van der Waals surface area contributed by atoms with Crippen LogP contribution in [0, 0.1) is 0 Å². The Morgan fingerprint density at radius 3 is 2.89 bits per heavy atom. The molecule has 3 rings (SSSR count). The quantitative estimate of drug-likeness (QED) is 0.702. The zero-order chi connectivity index (χ0) is 13.4. The Kier molecular flexibility index (Phi) is 2.59. The number of benzene rings is 1. The van der Waals surface area contributed by atoms with Crippen LogP contribution in [0.3, 0.4) is 0 Å². The molecule has 0 radical (unpaired) electrons. The molecule has 5 heteroatoms. The summed E-state index contributed by atoms with van der Waals surface area (Å²) >= 11 is 0. The highest BCUT2D eigenvalue weighted by molar-refractivity contribution is 6.10. The lowest BCUT2D eigenvalue weighted by molar-refractivity contribution is 0.103. The number of hydrogen-bond donors (Lipinski definition) is 2. The molecule has 96 valence electrons. The van der Waals surface area contributed by atoms with Gasteiger partial charge in [-0.1, -0.05) is 0 Å². The molecule has 0 spiro atoms. The van der Waals surface area contributed by atoms with Gasteiger partial charge in [0.1, 0.15) is 5.56 Å². The number of H-pyrrole nitrogens is 2. The fourth-order valence-corrected chi connectivity index (χ4v) is 2.16. The Morgan fingerprint density at radius 2 is 2.16 bits per heavy atom. The van der Waals surface area contributed by atoms with Gasteiger partial charge in [0.05, 0.1) is 0 Å². The summed E-state index contributed by atoms with van der Waals surface area (Å²) in [4.78, 5) is 27.3. The number of ketones is 1. The van der Waals surface area contributed by atoms with E-state index in [1.54, 1.807) is 12.1 Å². The summed E-state index contributed by atoms with van der Waals surface area (Å²) in [5.41, 5.74) is 1.39. The lowest BCUT2D eigenvalue weighted by Crippen LogP contribution is -2.21. The largest absolute Gasteiger partial charge is 0.361 e. The van der Waals surface area contributed by atoms with Crippen LogP contribution in [0.15, 0.2) is 41.5 Å². The highest BCUT2D eigenvalue weighted by Gasteiger charge is 2.16. The van der Waals surface area contributed by atoms with Crippen molar-refractivity contribution in [2.45, 2.75) is 13.5 Å². The van der Waals surface area contributed by atoms with Crippen molar-refractivity contribution in [2.24, 2.45) is 0 Å². The zero-order valence-corrected chi connectivity index (χ0v) is 10.4. The van der Waals surface area contributed by atoms with Crippen LogP contribution < -0.4 is 5.56 Å². The molecule has 2 N–H and O–H groups in total. The number of aromatic nitrogens is 3. The third kappa shape index (κ3) is 1.79. The molecule has 0 aliphatic rings. The first-order valence-corrected chi connectivity index (χ1v) is 6.10.